The summed E-state index contributed by atoms with van der Waals surface area (Å²) >= 11 is 0. The van der Waals surface area contributed by atoms with Crippen molar-refractivity contribution in [3.8, 4) is 33.8 Å². The first-order valence-corrected chi connectivity index (χ1v) is 10.4. The Hall–Kier alpha value is -3.98. The predicted octanol–water partition coefficient (Wildman–Crippen LogP) is 3.50. The molecule has 0 saturated heterocycles. The zero-order chi connectivity index (χ0) is 21.7. The van der Waals surface area contributed by atoms with Crippen LogP contribution in [-0.2, 0) is 13.1 Å². The van der Waals surface area contributed by atoms with Gasteiger partial charge in [0, 0.05) is 36.0 Å². The van der Waals surface area contributed by atoms with E-state index in [0.717, 1.165) is 58.7 Å². The number of hydrogen-bond acceptors (Lipinski definition) is 6. The molecule has 5 aromatic heterocycles. The molecule has 0 fully saturated rings. The van der Waals surface area contributed by atoms with Crippen molar-refractivity contribution in [2.24, 2.45) is 0 Å². The number of aryl methyl sites for hydroxylation is 1. The van der Waals surface area contributed by atoms with Crippen molar-refractivity contribution in [3.05, 3.63) is 66.1 Å². The van der Waals surface area contributed by atoms with E-state index in [4.69, 9.17) is 4.98 Å². The monoisotopic (exact) mass is 426 g/mol. The van der Waals surface area contributed by atoms with Crippen LogP contribution in [0.2, 0.25) is 0 Å². The summed E-state index contributed by atoms with van der Waals surface area (Å²) in [6.07, 6.45) is 5.47. The number of pyridine rings is 3. The second-order valence-electron chi connectivity index (χ2n) is 7.79. The lowest BCUT2D eigenvalue weighted by molar-refractivity contribution is 0.476. The molecule has 5 aromatic rings. The topological polar surface area (TPSA) is 97.2 Å². The molecule has 32 heavy (non-hydrogen) atoms. The molecule has 0 radical (unpaired) electrons. The number of nitrogens with zero attached hydrogens (tertiary/aromatic N) is 6. The first-order chi connectivity index (χ1) is 15.7. The van der Waals surface area contributed by atoms with Gasteiger partial charge in [-0.1, -0.05) is 0 Å². The third kappa shape index (κ3) is 3.05. The van der Waals surface area contributed by atoms with Gasteiger partial charge in [0.1, 0.15) is 5.82 Å². The smallest absolute Gasteiger partial charge is 0.144 e. The summed E-state index contributed by atoms with van der Waals surface area (Å²) in [4.78, 5) is 13.8. The van der Waals surface area contributed by atoms with Crippen LogP contribution in [0.4, 0.5) is 4.39 Å². The van der Waals surface area contributed by atoms with E-state index < -0.39 is 0 Å². The van der Waals surface area contributed by atoms with Crippen LogP contribution in [0.3, 0.4) is 0 Å². The largest absolute Gasteiger partial charge is 0.309 e. The lowest BCUT2D eigenvalue weighted by Gasteiger charge is -2.16. The maximum atomic E-state index is 13.7. The number of aromatic amines is 1. The van der Waals surface area contributed by atoms with Crippen LogP contribution in [0, 0.1) is 12.7 Å². The second kappa shape index (κ2) is 7.31. The average molecular weight is 426 g/mol. The normalized spacial score (nSPS) is 13.4. The Morgan fingerprint density at radius 3 is 2.78 bits per heavy atom. The van der Waals surface area contributed by atoms with E-state index in [1.54, 1.807) is 19.2 Å². The molecule has 6 heterocycles. The van der Waals surface area contributed by atoms with Gasteiger partial charge in [-0.05, 0) is 37.3 Å². The molecule has 0 saturated carbocycles. The Morgan fingerprint density at radius 1 is 0.969 bits per heavy atom. The van der Waals surface area contributed by atoms with Crippen molar-refractivity contribution in [2.45, 2.75) is 20.0 Å². The molecule has 158 valence electrons. The van der Waals surface area contributed by atoms with Crippen LogP contribution in [0.15, 0.2) is 48.9 Å². The molecule has 2 N–H and O–H groups in total. The summed E-state index contributed by atoms with van der Waals surface area (Å²) in [6, 6.07) is 8.94. The van der Waals surface area contributed by atoms with Crippen LogP contribution in [-0.4, -0.2) is 41.5 Å². The third-order valence-corrected chi connectivity index (χ3v) is 5.78. The Balaban J connectivity index is 1.43. The quantitative estimate of drug-likeness (QED) is 0.458. The minimum atomic E-state index is -0.338. The maximum absolute atomic E-state index is 13.7. The SMILES string of the molecule is Cc1nc(-c2[nH]ncc2-c2ccc3ncc(-c4cnn5c4CNCC5)cc3n2)ccc1F. The van der Waals surface area contributed by atoms with Crippen LogP contribution >= 0.6 is 0 Å². The molecule has 0 aliphatic carbocycles. The van der Waals surface area contributed by atoms with Gasteiger partial charge in [0.05, 0.1) is 58.4 Å². The summed E-state index contributed by atoms with van der Waals surface area (Å²) in [6.45, 7) is 4.20. The Bertz CT molecular complexity index is 1470. The predicted molar refractivity (Wildman–Crippen MR) is 118 cm³/mol. The maximum Gasteiger partial charge on any atom is 0.144 e. The molecule has 8 nitrogen and oxygen atoms in total. The fourth-order valence-corrected chi connectivity index (χ4v) is 4.09. The highest BCUT2D eigenvalue weighted by molar-refractivity contribution is 5.85. The molecule has 0 unspecified atom stereocenters. The summed E-state index contributed by atoms with van der Waals surface area (Å²) in [7, 11) is 0. The molecule has 0 amide bonds. The number of hydrogen-bond donors (Lipinski definition) is 2. The van der Waals surface area contributed by atoms with Crippen molar-refractivity contribution in [1.82, 2.24) is 40.2 Å². The van der Waals surface area contributed by atoms with Gasteiger partial charge in [-0.3, -0.25) is 14.8 Å². The molecular formula is C23H19FN8. The minimum Gasteiger partial charge on any atom is -0.309 e. The van der Waals surface area contributed by atoms with Crippen molar-refractivity contribution in [1.29, 1.82) is 0 Å². The highest BCUT2D eigenvalue weighted by atomic mass is 19.1. The highest BCUT2D eigenvalue weighted by Crippen LogP contribution is 2.31. The molecule has 0 atom stereocenters. The standard InChI is InChI=1S/C23H19FN8/c1-13-17(24)2-3-20(29-13)23-16(10-27-31-23)18-4-5-19-21(30-18)8-14(9-26-19)15-11-28-32-7-6-25-12-22(15)32/h2-5,8-11,25H,6-7,12H2,1H3,(H,27,31). The van der Waals surface area contributed by atoms with E-state index in [2.05, 4.69) is 30.6 Å². The first-order valence-electron chi connectivity index (χ1n) is 10.4. The van der Waals surface area contributed by atoms with Crippen LogP contribution in [0.5, 0.6) is 0 Å². The van der Waals surface area contributed by atoms with Gasteiger partial charge in [-0.25, -0.2) is 14.4 Å². The summed E-state index contributed by atoms with van der Waals surface area (Å²) in [5.74, 6) is -0.338. The lowest BCUT2D eigenvalue weighted by Crippen LogP contribution is -2.28. The Kier molecular flexibility index (Phi) is 4.29. The number of halogens is 1. The lowest BCUT2D eigenvalue weighted by atomic mass is 10.1. The van der Waals surface area contributed by atoms with E-state index in [1.165, 1.54) is 6.07 Å². The number of fused-ring (bicyclic) bond motifs is 2. The summed E-state index contributed by atoms with van der Waals surface area (Å²) in [5.41, 5.74) is 7.96. The van der Waals surface area contributed by atoms with Crippen molar-refractivity contribution in [3.63, 3.8) is 0 Å². The fourth-order valence-electron chi connectivity index (χ4n) is 4.09. The molecule has 0 aromatic carbocycles. The van der Waals surface area contributed by atoms with Gasteiger partial charge >= 0.3 is 0 Å². The van der Waals surface area contributed by atoms with E-state index in [1.807, 2.05) is 35.3 Å². The minimum absolute atomic E-state index is 0.336. The van der Waals surface area contributed by atoms with E-state index in [0.29, 0.717) is 17.1 Å². The molecular weight excluding hydrogens is 407 g/mol. The van der Waals surface area contributed by atoms with Gasteiger partial charge < -0.3 is 5.32 Å². The molecule has 0 bridgehead atoms. The van der Waals surface area contributed by atoms with Crippen LogP contribution in [0.1, 0.15) is 11.4 Å². The number of H-pyrrole nitrogens is 1. The number of nitrogens with one attached hydrogen (secondary N) is 2. The fraction of sp³-hybridized carbons (Fsp3) is 0.174. The summed E-state index contributed by atoms with van der Waals surface area (Å²) in [5, 5.41) is 15.1. The third-order valence-electron chi connectivity index (χ3n) is 5.78. The van der Waals surface area contributed by atoms with Gasteiger partial charge in [0.15, 0.2) is 0 Å². The van der Waals surface area contributed by atoms with Gasteiger partial charge in [-0.2, -0.15) is 10.2 Å². The van der Waals surface area contributed by atoms with Crippen molar-refractivity contribution < 1.29 is 4.39 Å². The van der Waals surface area contributed by atoms with Gasteiger partial charge in [-0.15, -0.1) is 0 Å². The highest BCUT2D eigenvalue weighted by Gasteiger charge is 2.17. The molecule has 6 rings (SSSR count). The van der Waals surface area contributed by atoms with E-state index >= 15 is 0 Å². The first kappa shape index (κ1) is 18.8. The zero-order valence-electron chi connectivity index (χ0n) is 17.3. The van der Waals surface area contributed by atoms with Crippen LogP contribution in [0.25, 0.3) is 44.8 Å². The second-order valence-corrected chi connectivity index (χ2v) is 7.79. The van der Waals surface area contributed by atoms with E-state index in [9.17, 15) is 4.39 Å². The van der Waals surface area contributed by atoms with Crippen molar-refractivity contribution in [2.75, 3.05) is 6.54 Å². The average Bonchev–Trinajstić information content (AvgIpc) is 3.48. The van der Waals surface area contributed by atoms with Gasteiger partial charge in [0.25, 0.3) is 0 Å². The Labute approximate surface area is 182 Å². The molecule has 1 aliphatic heterocycles. The number of rotatable bonds is 3. The van der Waals surface area contributed by atoms with Crippen molar-refractivity contribution >= 4 is 11.0 Å². The molecule has 1 aliphatic rings. The zero-order valence-corrected chi connectivity index (χ0v) is 17.3. The molecule has 0 spiro atoms. The Morgan fingerprint density at radius 2 is 1.88 bits per heavy atom. The van der Waals surface area contributed by atoms with E-state index in [-0.39, 0.29) is 5.82 Å². The van der Waals surface area contributed by atoms with Crippen LogP contribution < -0.4 is 5.32 Å². The summed E-state index contributed by atoms with van der Waals surface area (Å²) < 4.78 is 15.7. The molecule has 9 heteroatoms. The number of aromatic nitrogens is 7. The van der Waals surface area contributed by atoms with Gasteiger partial charge in [0.2, 0.25) is 0 Å².